The van der Waals surface area contributed by atoms with Gasteiger partial charge in [-0.05, 0) is 36.8 Å². The van der Waals surface area contributed by atoms with Crippen LogP contribution >= 0.6 is 11.6 Å². The quantitative estimate of drug-likeness (QED) is 0.904. The largest absolute Gasteiger partial charge is 0.465 e. The maximum Gasteiger partial charge on any atom is 0.407 e. The summed E-state index contributed by atoms with van der Waals surface area (Å²) in [6.07, 6.45) is 1.66. The molecule has 1 saturated heterocycles. The van der Waals surface area contributed by atoms with E-state index in [1.54, 1.807) is 6.07 Å². The fourth-order valence-electron chi connectivity index (χ4n) is 2.46. The van der Waals surface area contributed by atoms with Crippen molar-refractivity contribution in [3.8, 4) is 6.07 Å². The molecule has 1 N–H and O–H groups in total. The molecule has 1 fully saturated rings. The molecule has 1 heterocycles. The number of rotatable bonds is 2. The van der Waals surface area contributed by atoms with Crippen molar-refractivity contribution in [1.29, 1.82) is 5.26 Å². The predicted molar refractivity (Wildman–Crippen MR) is 72.2 cm³/mol. The van der Waals surface area contributed by atoms with E-state index in [0.29, 0.717) is 29.6 Å². The molecule has 4 nitrogen and oxygen atoms in total. The van der Waals surface area contributed by atoms with Gasteiger partial charge in [-0.15, -0.1) is 0 Å². The topological polar surface area (TPSA) is 64.3 Å². The van der Waals surface area contributed by atoms with E-state index in [4.69, 9.17) is 22.0 Å². The highest BCUT2D eigenvalue weighted by Crippen LogP contribution is 2.27. The van der Waals surface area contributed by atoms with Gasteiger partial charge in [0.15, 0.2) is 0 Å². The third kappa shape index (κ3) is 3.18. The van der Waals surface area contributed by atoms with E-state index in [0.717, 1.165) is 24.8 Å². The van der Waals surface area contributed by atoms with E-state index >= 15 is 0 Å². The van der Waals surface area contributed by atoms with Gasteiger partial charge in [0.2, 0.25) is 0 Å². The molecule has 0 aliphatic carbocycles. The lowest BCUT2D eigenvalue weighted by Gasteiger charge is -2.30. The van der Waals surface area contributed by atoms with Crippen molar-refractivity contribution in [3.63, 3.8) is 0 Å². The summed E-state index contributed by atoms with van der Waals surface area (Å²) >= 11 is 6.18. The molecule has 1 aromatic rings. The van der Waals surface area contributed by atoms with E-state index in [1.807, 2.05) is 12.1 Å². The van der Waals surface area contributed by atoms with Crippen molar-refractivity contribution in [2.45, 2.75) is 19.3 Å². The summed E-state index contributed by atoms with van der Waals surface area (Å²) in [4.78, 5) is 12.3. The number of nitrogens with zero attached hydrogens (tertiary/aromatic N) is 2. The molecule has 0 bridgehead atoms. The van der Waals surface area contributed by atoms with E-state index in [1.165, 1.54) is 4.90 Å². The lowest BCUT2D eigenvalue weighted by Crippen LogP contribution is -2.37. The monoisotopic (exact) mass is 278 g/mol. The second kappa shape index (κ2) is 5.94. The summed E-state index contributed by atoms with van der Waals surface area (Å²) in [7, 11) is 0. The van der Waals surface area contributed by atoms with E-state index in [-0.39, 0.29) is 0 Å². The Bertz CT molecular complexity index is 517. The molecule has 5 heteroatoms. The normalized spacial score (nSPS) is 16.1. The van der Waals surface area contributed by atoms with Crippen LogP contribution < -0.4 is 0 Å². The van der Waals surface area contributed by atoms with Crippen molar-refractivity contribution >= 4 is 17.7 Å². The number of hydrogen-bond donors (Lipinski definition) is 1. The van der Waals surface area contributed by atoms with Crippen LogP contribution in [0, 0.1) is 17.2 Å². The molecule has 1 aliphatic heterocycles. The highest BCUT2D eigenvalue weighted by Gasteiger charge is 2.23. The van der Waals surface area contributed by atoms with Gasteiger partial charge in [-0.25, -0.2) is 4.79 Å². The van der Waals surface area contributed by atoms with Crippen molar-refractivity contribution in [2.24, 2.45) is 5.92 Å². The molecular formula is C14H15ClN2O2. The average molecular weight is 279 g/mol. The summed E-state index contributed by atoms with van der Waals surface area (Å²) in [5.74, 6) is 0.432. The maximum atomic E-state index is 10.8. The molecule has 0 radical (unpaired) electrons. The first-order chi connectivity index (χ1) is 9.11. The molecule has 0 spiro atoms. The van der Waals surface area contributed by atoms with Crippen LogP contribution in [0.2, 0.25) is 5.02 Å². The molecule has 1 aromatic carbocycles. The Morgan fingerprint density at radius 2 is 2.16 bits per heavy atom. The van der Waals surface area contributed by atoms with Gasteiger partial charge in [-0.1, -0.05) is 23.7 Å². The minimum absolute atomic E-state index is 0.432. The number of amides is 1. The number of halogens is 1. The van der Waals surface area contributed by atoms with Crippen LogP contribution in [-0.2, 0) is 6.42 Å². The third-order valence-corrected chi connectivity index (χ3v) is 4.04. The number of hydrogen-bond acceptors (Lipinski definition) is 2. The summed E-state index contributed by atoms with van der Waals surface area (Å²) < 4.78 is 0. The van der Waals surface area contributed by atoms with Crippen LogP contribution in [0.15, 0.2) is 18.2 Å². The predicted octanol–water partition coefficient (Wildman–Crippen LogP) is 3.14. The van der Waals surface area contributed by atoms with Crippen LogP contribution in [0.25, 0.3) is 0 Å². The number of benzene rings is 1. The van der Waals surface area contributed by atoms with Gasteiger partial charge in [-0.3, -0.25) is 0 Å². The average Bonchev–Trinajstić information content (AvgIpc) is 2.42. The van der Waals surface area contributed by atoms with Gasteiger partial charge in [0.05, 0.1) is 10.6 Å². The standard InChI is InChI=1S/C14H15ClN2O2/c15-13-11(2-1-3-12(13)9-16)8-10-4-6-17(7-5-10)14(18)19/h1-3,10H,4-8H2,(H,18,19). The smallest absolute Gasteiger partial charge is 0.407 e. The van der Waals surface area contributed by atoms with Crippen molar-refractivity contribution in [2.75, 3.05) is 13.1 Å². The van der Waals surface area contributed by atoms with Gasteiger partial charge >= 0.3 is 6.09 Å². The van der Waals surface area contributed by atoms with Crippen LogP contribution in [0.1, 0.15) is 24.0 Å². The molecule has 1 aliphatic rings. The van der Waals surface area contributed by atoms with Crippen LogP contribution in [0.5, 0.6) is 0 Å². The zero-order valence-electron chi connectivity index (χ0n) is 10.5. The minimum Gasteiger partial charge on any atom is -0.465 e. The number of piperidine rings is 1. The first-order valence-corrected chi connectivity index (χ1v) is 6.65. The lowest BCUT2D eigenvalue weighted by molar-refractivity contribution is 0.124. The number of carbonyl (C=O) groups is 1. The Balaban J connectivity index is 2.00. The molecule has 0 aromatic heterocycles. The molecule has 1 amide bonds. The Morgan fingerprint density at radius 1 is 1.47 bits per heavy atom. The van der Waals surface area contributed by atoms with Gasteiger partial charge in [0, 0.05) is 13.1 Å². The first-order valence-electron chi connectivity index (χ1n) is 6.27. The van der Waals surface area contributed by atoms with Gasteiger partial charge < -0.3 is 10.0 Å². The number of carboxylic acid groups (broad SMARTS) is 1. The van der Waals surface area contributed by atoms with E-state index < -0.39 is 6.09 Å². The van der Waals surface area contributed by atoms with Crippen LogP contribution in [0.4, 0.5) is 4.79 Å². The highest BCUT2D eigenvalue weighted by molar-refractivity contribution is 6.32. The molecular weight excluding hydrogens is 264 g/mol. The van der Waals surface area contributed by atoms with Gasteiger partial charge in [0.1, 0.15) is 6.07 Å². The molecule has 0 atom stereocenters. The maximum absolute atomic E-state index is 10.8. The van der Waals surface area contributed by atoms with E-state index in [2.05, 4.69) is 6.07 Å². The Hall–Kier alpha value is -1.73. The zero-order valence-corrected chi connectivity index (χ0v) is 11.2. The summed E-state index contributed by atoms with van der Waals surface area (Å²) in [6, 6.07) is 7.56. The Labute approximate surface area is 117 Å². The molecule has 0 saturated carbocycles. The Kier molecular flexibility index (Phi) is 4.28. The number of nitriles is 1. The van der Waals surface area contributed by atoms with E-state index in [9.17, 15) is 4.79 Å². The summed E-state index contributed by atoms with van der Waals surface area (Å²) in [5, 5.41) is 18.4. The van der Waals surface area contributed by atoms with Gasteiger partial charge in [0.25, 0.3) is 0 Å². The van der Waals surface area contributed by atoms with Crippen molar-refractivity contribution in [1.82, 2.24) is 4.90 Å². The molecule has 19 heavy (non-hydrogen) atoms. The number of likely N-dealkylation sites (tertiary alicyclic amines) is 1. The van der Waals surface area contributed by atoms with Crippen molar-refractivity contribution in [3.05, 3.63) is 34.3 Å². The van der Waals surface area contributed by atoms with Gasteiger partial charge in [-0.2, -0.15) is 5.26 Å². The summed E-state index contributed by atoms with van der Waals surface area (Å²) in [5.41, 5.74) is 1.48. The summed E-state index contributed by atoms with van der Waals surface area (Å²) in [6.45, 7) is 1.16. The highest BCUT2D eigenvalue weighted by atomic mass is 35.5. The molecule has 100 valence electrons. The minimum atomic E-state index is -0.844. The first kappa shape index (κ1) is 13.7. The lowest BCUT2D eigenvalue weighted by atomic mass is 9.90. The van der Waals surface area contributed by atoms with Crippen molar-refractivity contribution < 1.29 is 9.90 Å². The molecule has 2 rings (SSSR count). The SMILES string of the molecule is N#Cc1cccc(CC2CCN(C(=O)O)CC2)c1Cl. The fraction of sp³-hybridized carbons (Fsp3) is 0.429. The Morgan fingerprint density at radius 3 is 2.74 bits per heavy atom. The third-order valence-electron chi connectivity index (χ3n) is 3.59. The molecule has 0 unspecified atom stereocenters. The fourth-order valence-corrected chi connectivity index (χ4v) is 2.71. The zero-order chi connectivity index (χ0) is 13.8. The van der Waals surface area contributed by atoms with Crippen LogP contribution in [-0.4, -0.2) is 29.2 Å². The second-order valence-corrected chi connectivity index (χ2v) is 5.19. The second-order valence-electron chi connectivity index (χ2n) is 4.81. The van der Waals surface area contributed by atoms with Crippen LogP contribution in [0.3, 0.4) is 0 Å².